The maximum Gasteiger partial charge on any atom is 0.322 e. The average molecular weight is 305 g/mol. The lowest BCUT2D eigenvalue weighted by atomic mass is 9.95. The van der Waals surface area contributed by atoms with Crippen LogP contribution in [0.15, 0.2) is 6.07 Å². The molecule has 2 aromatic heterocycles. The van der Waals surface area contributed by atoms with E-state index in [4.69, 9.17) is 10.8 Å². The number of rotatable bonds is 3. The second kappa shape index (κ2) is 5.33. The zero-order valence-electron chi connectivity index (χ0n) is 11.3. The summed E-state index contributed by atoms with van der Waals surface area (Å²) in [5.74, 6) is -1.55. The van der Waals surface area contributed by atoms with Crippen LogP contribution in [-0.2, 0) is 17.6 Å². The summed E-state index contributed by atoms with van der Waals surface area (Å²) >= 11 is 1.22. The maximum absolute atomic E-state index is 12.0. The Labute approximate surface area is 125 Å². The van der Waals surface area contributed by atoms with Crippen molar-refractivity contribution < 1.29 is 14.7 Å². The van der Waals surface area contributed by atoms with Crippen LogP contribution in [0, 0.1) is 0 Å². The highest BCUT2D eigenvalue weighted by molar-refractivity contribution is 7.21. The van der Waals surface area contributed by atoms with Crippen LogP contribution >= 0.6 is 11.3 Å². The summed E-state index contributed by atoms with van der Waals surface area (Å²) in [4.78, 5) is 28.2. The van der Waals surface area contributed by atoms with Crippen LogP contribution in [-0.4, -0.2) is 28.5 Å². The Kier molecular flexibility index (Phi) is 3.50. The summed E-state index contributed by atoms with van der Waals surface area (Å²) < 4.78 is 0. The van der Waals surface area contributed by atoms with Crippen LogP contribution < -0.4 is 11.1 Å². The van der Waals surface area contributed by atoms with Crippen molar-refractivity contribution in [2.45, 2.75) is 25.7 Å². The van der Waals surface area contributed by atoms with Crippen molar-refractivity contribution >= 4 is 39.1 Å². The Morgan fingerprint density at radius 1 is 1.38 bits per heavy atom. The van der Waals surface area contributed by atoms with E-state index in [0.29, 0.717) is 10.6 Å². The van der Waals surface area contributed by atoms with Gasteiger partial charge in [0.05, 0.1) is 5.69 Å². The van der Waals surface area contributed by atoms with E-state index < -0.39 is 18.4 Å². The number of nitrogens with one attached hydrogen (secondary N) is 1. The molecule has 1 aliphatic rings. The molecule has 0 saturated heterocycles. The highest BCUT2D eigenvalue weighted by Gasteiger charge is 2.20. The Balaban J connectivity index is 1.99. The first-order valence-electron chi connectivity index (χ1n) is 6.77. The van der Waals surface area contributed by atoms with Crippen molar-refractivity contribution in [2.75, 3.05) is 12.3 Å². The third kappa shape index (κ3) is 2.56. The molecule has 2 aromatic rings. The SMILES string of the molecule is Nc1c(C(=O)NCC(=O)O)sc2nc3c(cc12)CCCC3. The molecular formula is C14H15N3O3S. The second-order valence-electron chi connectivity index (χ2n) is 5.08. The normalized spacial score (nSPS) is 13.9. The molecule has 0 radical (unpaired) electrons. The molecule has 110 valence electrons. The minimum Gasteiger partial charge on any atom is -0.480 e. The van der Waals surface area contributed by atoms with E-state index in [2.05, 4.69) is 10.3 Å². The number of nitrogen functional groups attached to an aromatic ring is 1. The predicted octanol–water partition coefficient (Wildman–Crippen LogP) is 1.57. The van der Waals surface area contributed by atoms with Crippen LogP contribution in [0.5, 0.6) is 0 Å². The molecule has 0 spiro atoms. The number of hydrogen-bond acceptors (Lipinski definition) is 5. The zero-order chi connectivity index (χ0) is 15.0. The van der Waals surface area contributed by atoms with Crippen molar-refractivity contribution in [3.05, 3.63) is 22.2 Å². The minimum absolute atomic E-state index is 0.334. The predicted molar refractivity (Wildman–Crippen MR) is 80.6 cm³/mol. The first-order chi connectivity index (χ1) is 10.1. The lowest BCUT2D eigenvalue weighted by Crippen LogP contribution is -2.29. The number of nitrogens with two attached hydrogens (primary N) is 1. The van der Waals surface area contributed by atoms with Crippen LogP contribution in [0.3, 0.4) is 0 Å². The third-order valence-corrected chi connectivity index (χ3v) is 4.72. The number of carboxylic acids is 1. The molecule has 1 aliphatic carbocycles. The van der Waals surface area contributed by atoms with Gasteiger partial charge in [-0.1, -0.05) is 0 Å². The van der Waals surface area contributed by atoms with E-state index in [1.807, 2.05) is 6.07 Å². The molecule has 0 aromatic carbocycles. The number of carbonyl (C=O) groups is 2. The van der Waals surface area contributed by atoms with Gasteiger partial charge >= 0.3 is 5.97 Å². The van der Waals surface area contributed by atoms with Crippen molar-refractivity contribution in [1.29, 1.82) is 0 Å². The molecule has 0 fully saturated rings. The van der Waals surface area contributed by atoms with Gasteiger partial charge in [-0.3, -0.25) is 9.59 Å². The average Bonchev–Trinajstić information content (AvgIpc) is 2.79. The maximum atomic E-state index is 12.0. The lowest BCUT2D eigenvalue weighted by molar-refractivity contribution is -0.135. The van der Waals surface area contributed by atoms with E-state index in [1.54, 1.807) is 0 Å². The molecule has 4 N–H and O–H groups in total. The first kappa shape index (κ1) is 13.8. The van der Waals surface area contributed by atoms with Gasteiger partial charge in [0.25, 0.3) is 5.91 Å². The number of anilines is 1. The van der Waals surface area contributed by atoms with E-state index in [1.165, 1.54) is 16.9 Å². The molecular weight excluding hydrogens is 290 g/mol. The minimum atomic E-state index is -1.09. The second-order valence-corrected chi connectivity index (χ2v) is 6.07. The lowest BCUT2D eigenvalue weighted by Gasteiger charge is -2.14. The molecule has 0 unspecified atom stereocenters. The summed E-state index contributed by atoms with van der Waals surface area (Å²) in [7, 11) is 0. The van der Waals surface area contributed by atoms with Gasteiger partial charge in [-0.2, -0.15) is 0 Å². The summed E-state index contributed by atoms with van der Waals surface area (Å²) in [6, 6.07) is 2.02. The van der Waals surface area contributed by atoms with Crippen molar-refractivity contribution in [2.24, 2.45) is 0 Å². The number of pyridine rings is 1. The molecule has 6 nitrogen and oxygen atoms in total. The monoisotopic (exact) mass is 305 g/mol. The fourth-order valence-corrected chi connectivity index (χ4v) is 3.58. The molecule has 0 atom stereocenters. The number of aromatic nitrogens is 1. The number of nitrogens with zero attached hydrogens (tertiary/aromatic N) is 1. The Morgan fingerprint density at radius 3 is 2.90 bits per heavy atom. The molecule has 1 amide bonds. The molecule has 0 bridgehead atoms. The zero-order valence-corrected chi connectivity index (χ0v) is 12.1. The first-order valence-corrected chi connectivity index (χ1v) is 7.58. The van der Waals surface area contributed by atoms with Gasteiger partial charge in [-0.15, -0.1) is 11.3 Å². The fraction of sp³-hybridized carbons (Fsp3) is 0.357. The Bertz CT molecular complexity index is 739. The van der Waals surface area contributed by atoms with Gasteiger partial charge in [-0.05, 0) is 37.3 Å². The number of fused-ring (bicyclic) bond motifs is 2. The number of hydrogen-bond donors (Lipinski definition) is 3. The third-order valence-electron chi connectivity index (χ3n) is 3.61. The van der Waals surface area contributed by atoms with E-state index >= 15 is 0 Å². The summed E-state index contributed by atoms with van der Waals surface area (Å²) in [6.07, 6.45) is 4.24. The van der Waals surface area contributed by atoms with Crippen LogP contribution in [0.2, 0.25) is 0 Å². The van der Waals surface area contributed by atoms with Crippen molar-refractivity contribution in [1.82, 2.24) is 10.3 Å². The van der Waals surface area contributed by atoms with Gasteiger partial charge in [-0.25, -0.2) is 4.98 Å². The van der Waals surface area contributed by atoms with Gasteiger partial charge in [0.2, 0.25) is 0 Å². The number of amides is 1. The highest BCUT2D eigenvalue weighted by Crippen LogP contribution is 2.35. The molecule has 21 heavy (non-hydrogen) atoms. The largest absolute Gasteiger partial charge is 0.480 e. The smallest absolute Gasteiger partial charge is 0.322 e. The van der Waals surface area contributed by atoms with Gasteiger partial charge in [0.1, 0.15) is 16.3 Å². The van der Waals surface area contributed by atoms with Crippen LogP contribution in [0.4, 0.5) is 5.69 Å². The van der Waals surface area contributed by atoms with Crippen LogP contribution in [0.25, 0.3) is 10.2 Å². The summed E-state index contributed by atoms with van der Waals surface area (Å²) in [5.41, 5.74) is 8.72. The number of aryl methyl sites for hydroxylation is 2. The number of aliphatic carboxylic acids is 1. The molecule has 2 heterocycles. The molecule has 7 heteroatoms. The van der Waals surface area contributed by atoms with Gasteiger partial charge < -0.3 is 16.2 Å². The quantitative estimate of drug-likeness (QED) is 0.798. The Hall–Kier alpha value is -2.15. The fourth-order valence-electron chi connectivity index (χ4n) is 2.56. The van der Waals surface area contributed by atoms with Gasteiger partial charge in [0, 0.05) is 11.1 Å². The number of carbonyl (C=O) groups excluding carboxylic acids is 1. The molecule has 0 saturated carbocycles. The standard InChI is InChI=1S/C14H15N3O3S/c15-11-8-5-7-3-1-2-4-9(7)17-14(8)21-12(11)13(20)16-6-10(18)19/h5H,1-4,6,15H2,(H,16,20)(H,18,19). The van der Waals surface area contributed by atoms with Crippen molar-refractivity contribution in [3.8, 4) is 0 Å². The van der Waals surface area contributed by atoms with Gasteiger partial charge in [0.15, 0.2) is 0 Å². The van der Waals surface area contributed by atoms with E-state index in [9.17, 15) is 9.59 Å². The molecule has 3 rings (SSSR count). The molecule has 0 aliphatic heterocycles. The number of carboxylic acid groups (broad SMARTS) is 1. The van der Waals surface area contributed by atoms with E-state index in [-0.39, 0.29) is 0 Å². The summed E-state index contributed by atoms with van der Waals surface area (Å²) in [5, 5.41) is 11.7. The Morgan fingerprint density at radius 2 is 2.14 bits per heavy atom. The van der Waals surface area contributed by atoms with E-state index in [0.717, 1.165) is 41.6 Å². The number of thiophene rings is 1. The van der Waals surface area contributed by atoms with Crippen LogP contribution in [0.1, 0.15) is 33.8 Å². The van der Waals surface area contributed by atoms with Crippen molar-refractivity contribution in [3.63, 3.8) is 0 Å². The summed E-state index contributed by atoms with van der Waals surface area (Å²) in [6.45, 7) is -0.420. The topological polar surface area (TPSA) is 105 Å². The highest BCUT2D eigenvalue weighted by atomic mass is 32.1.